The molecule has 0 fully saturated rings. The number of hydrogen-bond acceptors (Lipinski definition) is 5. The van der Waals surface area contributed by atoms with Gasteiger partial charge >= 0.3 is 0 Å². The Morgan fingerprint density at radius 2 is 2.17 bits per heavy atom. The van der Waals surface area contributed by atoms with Crippen LogP contribution in [0.5, 0.6) is 0 Å². The first-order valence-electron chi connectivity index (χ1n) is 5.92. The maximum Gasteiger partial charge on any atom is 0.151 e. The molecule has 0 amide bonds. The number of aryl methyl sites for hydroxylation is 2. The molecular weight excluding hydrogens is 230 g/mol. The first-order chi connectivity index (χ1) is 8.50. The van der Waals surface area contributed by atoms with Crippen LogP contribution >= 0.6 is 0 Å². The average molecular weight is 249 g/mol. The summed E-state index contributed by atoms with van der Waals surface area (Å²) < 4.78 is 3.76. The van der Waals surface area contributed by atoms with Gasteiger partial charge in [0.05, 0.1) is 17.9 Å². The zero-order valence-electron chi connectivity index (χ0n) is 11.2. The Hall–Kier alpha value is -2.05. The molecule has 0 spiro atoms. The molecule has 2 rings (SSSR count). The highest BCUT2D eigenvalue weighted by atomic mass is 15.4. The summed E-state index contributed by atoms with van der Waals surface area (Å²) in [5.41, 5.74) is 7.55. The van der Waals surface area contributed by atoms with E-state index in [1.54, 1.807) is 6.33 Å². The van der Waals surface area contributed by atoms with E-state index in [1.807, 2.05) is 23.2 Å². The van der Waals surface area contributed by atoms with E-state index in [2.05, 4.69) is 34.5 Å². The molecule has 0 aliphatic rings. The minimum atomic E-state index is 0.253. The molecule has 2 aromatic rings. The third-order valence-electron chi connectivity index (χ3n) is 2.84. The molecule has 0 aromatic carbocycles. The van der Waals surface area contributed by atoms with E-state index in [1.165, 1.54) is 0 Å². The van der Waals surface area contributed by atoms with Crippen LogP contribution in [0, 0.1) is 6.92 Å². The van der Waals surface area contributed by atoms with Gasteiger partial charge in [0.15, 0.2) is 5.82 Å². The molecule has 18 heavy (non-hydrogen) atoms. The van der Waals surface area contributed by atoms with Crippen LogP contribution in [-0.2, 0) is 13.6 Å². The number of hydrogen-bond donors (Lipinski definition) is 2. The summed E-state index contributed by atoms with van der Waals surface area (Å²) in [7, 11) is 1.91. The van der Waals surface area contributed by atoms with Crippen LogP contribution < -0.4 is 11.1 Å². The van der Waals surface area contributed by atoms with Gasteiger partial charge in [-0.1, -0.05) is 0 Å². The lowest BCUT2D eigenvalue weighted by molar-refractivity contribution is 0.533. The molecular formula is C11H19N7. The van der Waals surface area contributed by atoms with Crippen molar-refractivity contribution in [3.05, 3.63) is 17.8 Å². The fourth-order valence-corrected chi connectivity index (χ4v) is 1.74. The van der Waals surface area contributed by atoms with Gasteiger partial charge in [-0.25, -0.2) is 4.68 Å². The monoisotopic (exact) mass is 249 g/mol. The number of nitrogens with zero attached hydrogens (tertiary/aromatic N) is 5. The summed E-state index contributed by atoms with van der Waals surface area (Å²) in [5.74, 6) is 1.69. The van der Waals surface area contributed by atoms with Crippen LogP contribution in [0.1, 0.15) is 31.4 Å². The van der Waals surface area contributed by atoms with Crippen LogP contribution in [0.3, 0.4) is 0 Å². The molecule has 0 saturated heterocycles. The lowest BCUT2D eigenvalue weighted by atomic mass is 10.3. The van der Waals surface area contributed by atoms with Crippen molar-refractivity contribution >= 4 is 11.5 Å². The summed E-state index contributed by atoms with van der Waals surface area (Å²) >= 11 is 0. The molecule has 2 aromatic heterocycles. The molecule has 0 bridgehead atoms. The summed E-state index contributed by atoms with van der Waals surface area (Å²) in [6, 6.07) is 0.253. The second-order valence-corrected chi connectivity index (χ2v) is 4.60. The Morgan fingerprint density at radius 1 is 1.44 bits per heavy atom. The number of nitrogens with two attached hydrogens (primary N) is 1. The van der Waals surface area contributed by atoms with Crippen molar-refractivity contribution in [3.8, 4) is 0 Å². The molecule has 0 aliphatic heterocycles. The Morgan fingerprint density at radius 3 is 2.72 bits per heavy atom. The maximum atomic E-state index is 6.03. The highest BCUT2D eigenvalue weighted by Crippen LogP contribution is 2.25. The van der Waals surface area contributed by atoms with Gasteiger partial charge < -0.3 is 15.6 Å². The van der Waals surface area contributed by atoms with Crippen molar-refractivity contribution in [2.75, 3.05) is 11.1 Å². The third-order valence-corrected chi connectivity index (χ3v) is 2.84. The summed E-state index contributed by atoms with van der Waals surface area (Å²) in [4.78, 5) is 0. The summed E-state index contributed by atoms with van der Waals surface area (Å²) in [6.45, 7) is 6.61. The predicted octanol–water partition coefficient (Wildman–Crippen LogP) is 1.10. The largest absolute Gasteiger partial charge is 0.394 e. The molecule has 98 valence electrons. The summed E-state index contributed by atoms with van der Waals surface area (Å²) in [5, 5.41) is 15.6. The lowest BCUT2D eigenvalue weighted by Gasteiger charge is -2.12. The van der Waals surface area contributed by atoms with Gasteiger partial charge in [0.1, 0.15) is 12.1 Å². The van der Waals surface area contributed by atoms with E-state index in [0.29, 0.717) is 12.2 Å². The predicted molar refractivity (Wildman–Crippen MR) is 70.1 cm³/mol. The fourth-order valence-electron chi connectivity index (χ4n) is 1.74. The molecule has 0 radical (unpaired) electrons. The molecule has 0 unspecified atom stereocenters. The number of nitrogen functional groups attached to an aromatic ring is 1. The number of rotatable bonds is 4. The zero-order valence-corrected chi connectivity index (χ0v) is 11.2. The molecule has 0 aliphatic carbocycles. The summed E-state index contributed by atoms with van der Waals surface area (Å²) in [6.07, 6.45) is 1.67. The van der Waals surface area contributed by atoms with Crippen molar-refractivity contribution in [1.82, 2.24) is 24.5 Å². The quantitative estimate of drug-likeness (QED) is 0.847. The molecule has 7 nitrogen and oxygen atoms in total. The van der Waals surface area contributed by atoms with Gasteiger partial charge in [-0.05, 0) is 20.8 Å². The standard InChI is InChI=1S/C11H19N7/c1-7(2)18-11(10(12)8(3)16-18)13-5-9-15-14-6-17(9)4/h6-7,13H,5,12H2,1-4H3. The Kier molecular flexibility index (Phi) is 3.22. The van der Waals surface area contributed by atoms with Gasteiger partial charge in [0.2, 0.25) is 0 Å². The lowest BCUT2D eigenvalue weighted by Crippen LogP contribution is -2.13. The maximum absolute atomic E-state index is 6.03. The Labute approximate surface area is 106 Å². The number of anilines is 2. The fraction of sp³-hybridized carbons (Fsp3) is 0.545. The minimum absolute atomic E-state index is 0.253. The zero-order chi connectivity index (χ0) is 13.3. The van der Waals surface area contributed by atoms with Gasteiger partial charge in [0, 0.05) is 13.1 Å². The molecule has 7 heteroatoms. The molecule has 0 atom stereocenters. The van der Waals surface area contributed by atoms with Crippen LogP contribution in [0.2, 0.25) is 0 Å². The average Bonchev–Trinajstić information content (AvgIpc) is 2.83. The van der Waals surface area contributed by atoms with Crippen molar-refractivity contribution in [3.63, 3.8) is 0 Å². The van der Waals surface area contributed by atoms with E-state index in [0.717, 1.165) is 17.3 Å². The van der Waals surface area contributed by atoms with E-state index in [4.69, 9.17) is 5.73 Å². The van der Waals surface area contributed by atoms with Crippen molar-refractivity contribution in [2.45, 2.75) is 33.4 Å². The minimum Gasteiger partial charge on any atom is -0.394 e. The number of aromatic nitrogens is 5. The topological polar surface area (TPSA) is 86.6 Å². The van der Waals surface area contributed by atoms with E-state index in [-0.39, 0.29) is 6.04 Å². The second-order valence-electron chi connectivity index (χ2n) is 4.60. The SMILES string of the molecule is Cc1nn(C(C)C)c(NCc2nncn2C)c1N. The smallest absolute Gasteiger partial charge is 0.151 e. The van der Waals surface area contributed by atoms with Crippen LogP contribution in [0.25, 0.3) is 0 Å². The second kappa shape index (κ2) is 4.67. The van der Waals surface area contributed by atoms with E-state index >= 15 is 0 Å². The first-order valence-corrected chi connectivity index (χ1v) is 5.92. The highest BCUT2D eigenvalue weighted by molar-refractivity contribution is 5.64. The van der Waals surface area contributed by atoms with E-state index < -0.39 is 0 Å². The highest BCUT2D eigenvalue weighted by Gasteiger charge is 2.14. The molecule has 2 heterocycles. The normalized spacial score (nSPS) is 11.2. The van der Waals surface area contributed by atoms with Crippen LogP contribution in [0.15, 0.2) is 6.33 Å². The van der Waals surface area contributed by atoms with Gasteiger partial charge in [-0.15, -0.1) is 10.2 Å². The Balaban J connectivity index is 2.21. The van der Waals surface area contributed by atoms with Gasteiger partial charge in [0.25, 0.3) is 0 Å². The van der Waals surface area contributed by atoms with Gasteiger partial charge in [-0.2, -0.15) is 5.10 Å². The molecule has 0 saturated carbocycles. The Bertz CT molecular complexity index is 538. The van der Waals surface area contributed by atoms with E-state index in [9.17, 15) is 0 Å². The number of nitrogens with one attached hydrogen (secondary N) is 1. The van der Waals surface area contributed by atoms with Crippen molar-refractivity contribution in [1.29, 1.82) is 0 Å². The van der Waals surface area contributed by atoms with Crippen molar-refractivity contribution in [2.24, 2.45) is 7.05 Å². The third kappa shape index (κ3) is 2.15. The van der Waals surface area contributed by atoms with Gasteiger partial charge in [-0.3, -0.25) is 0 Å². The van der Waals surface area contributed by atoms with Crippen LogP contribution in [0.4, 0.5) is 11.5 Å². The van der Waals surface area contributed by atoms with Crippen molar-refractivity contribution < 1.29 is 0 Å². The molecule has 3 N–H and O–H groups in total. The first kappa shape index (κ1) is 12.4. The van der Waals surface area contributed by atoms with Crippen LogP contribution in [-0.4, -0.2) is 24.5 Å².